The van der Waals surface area contributed by atoms with Crippen molar-refractivity contribution in [1.29, 1.82) is 0 Å². The molecular formula is C18H15N3O3S. The van der Waals surface area contributed by atoms with Gasteiger partial charge in [-0.3, -0.25) is 9.78 Å². The van der Waals surface area contributed by atoms with Crippen LogP contribution in [-0.2, 0) is 11.2 Å². The predicted molar refractivity (Wildman–Crippen MR) is 95.0 cm³/mol. The first-order valence-corrected chi connectivity index (χ1v) is 8.57. The Bertz CT molecular complexity index is 925. The fraction of sp³-hybridized carbons (Fsp3) is 0.167. The number of aryl methyl sites for hydroxylation is 1. The molecule has 1 aliphatic rings. The fourth-order valence-electron chi connectivity index (χ4n) is 2.53. The van der Waals surface area contributed by atoms with Crippen molar-refractivity contribution in [3.63, 3.8) is 0 Å². The summed E-state index contributed by atoms with van der Waals surface area (Å²) in [6.45, 7) is 2.13. The van der Waals surface area contributed by atoms with Crippen molar-refractivity contribution >= 4 is 22.9 Å². The second-order valence-electron chi connectivity index (χ2n) is 5.56. The zero-order chi connectivity index (χ0) is 17.2. The number of ether oxygens (including phenoxy) is 2. The number of hydrogen-bond donors (Lipinski definition) is 1. The van der Waals surface area contributed by atoms with Crippen LogP contribution in [0.25, 0.3) is 10.6 Å². The number of nitrogens with one attached hydrogen (secondary N) is 1. The summed E-state index contributed by atoms with van der Waals surface area (Å²) in [6.07, 6.45) is 3.77. The van der Waals surface area contributed by atoms with Gasteiger partial charge >= 0.3 is 0 Å². The van der Waals surface area contributed by atoms with Crippen LogP contribution in [0.2, 0.25) is 0 Å². The number of carbonyl (C=O) groups is 1. The summed E-state index contributed by atoms with van der Waals surface area (Å²) in [6, 6.07) is 9.18. The lowest BCUT2D eigenvalue weighted by molar-refractivity contribution is -0.115. The number of aromatic nitrogens is 2. The Morgan fingerprint density at radius 1 is 1.28 bits per heavy atom. The van der Waals surface area contributed by atoms with Crippen molar-refractivity contribution in [1.82, 2.24) is 9.97 Å². The van der Waals surface area contributed by atoms with Crippen molar-refractivity contribution in [2.24, 2.45) is 0 Å². The number of thiazole rings is 1. The fourth-order valence-corrected chi connectivity index (χ4v) is 3.58. The maximum Gasteiger partial charge on any atom is 0.231 e. The van der Waals surface area contributed by atoms with Gasteiger partial charge in [-0.1, -0.05) is 0 Å². The molecule has 7 heteroatoms. The summed E-state index contributed by atoms with van der Waals surface area (Å²) in [5.74, 6) is 1.24. The van der Waals surface area contributed by atoms with E-state index in [1.165, 1.54) is 11.3 Å². The number of hydrogen-bond acceptors (Lipinski definition) is 6. The molecule has 0 bridgehead atoms. The molecule has 126 valence electrons. The SMILES string of the molecule is Cc1nc(-c2cccnc2)sc1CC(=O)Nc1ccc2c(c1)OCO2. The van der Waals surface area contributed by atoms with Gasteiger partial charge < -0.3 is 14.8 Å². The normalized spacial score (nSPS) is 12.2. The summed E-state index contributed by atoms with van der Waals surface area (Å²) in [5, 5.41) is 3.76. The highest BCUT2D eigenvalue weighted by molar-refractivity contribution is 7.15. The Morgan fingerprint density at radius 3 is 3.00 bits per heavy atom. The van der Waals surface area contributed by atoms with E-state index < -0.39 is 0 Å². The molecule has 1 N–H and O–H groups in total. The number of rotatable bonds is 4. The lowest BCUT2D eigenvalue weighted by Gasteiger charge is -2.05. The van der Waals surface area contributed by atoms with Crippen molar-refractivity contribution in [2.45, 2.75) is 13.3 Å². The van der Waals surface area contributed by atoms with Crippen LogP contribution >= 0.6 is 11.3 Å². The molecule has 0 aliphatic carbocycles. The molecule has 1 aromatic carbocycles. The first-order valence-electron chi connectivity index (χ1n) is 7.75. The van der Waals surface area contributed by atoms with Crippen molar-refractivity contribution in [3.8, 4) is 22.1 Å². The average Bonchev–Trinajstić information content (AvgIpc) is 3.22. The first-order chi connectivity index (χ1) is 12.2. The van der Waals surface area contributed by atoms with Crippen LogP contribution in [0.15, 0.2) is 42.7 Å². The number of fused-ring (bicyclic) bond motifs is 1. The molecule has 0 radical (unpaired) electrons. The molecule has 25 heavy (non-hydrogen) atoms. The smallest absolute Gasteiger partial charge is 0.231 e. The summed E-state index contributed by atoms with van der Waals surface area (Å²) in [5.41, 5.74) is 2.51. The zero-order valence-corrected chi connectivity index (χ0v) is 14.3. The van der Waals surface area contributed by atoms with Crippen LogP contribution in [0.1, 0.15) is 10.6 Å². The van der Waals surface area contributed by atoms with E-state index in [4.69, 9.17) is 9.47 Å². The van der Waals surface area contributed by atoms with Gasteiger partial charge in [0.05, 0.1) is 12.1 Å². The highest BCUT2D eigenvalue weighted by Gasteiger charge is 2.16. The molecule has 1 amide bonds. The average molecular weight is 353 g/mol. The van der Waals surface area contributed by atoms with Gasteiger partial charge in [0.15, 0.2) is 11.5 Å². The van der Waals surface area contributed by atoms with Crippen LogP contribution in [0.4, 0.5) is 5.69 Å². The molecule has 0 saturated carbocycles. The number of anilines is 1. The molecule has 2 aromatic heterocycles. The van der Waals surface area contributed by atoms with E-state index in [9.17, 15) is 4.79 Å². The van der Waals surface area contributed by atoms with Gasteiger partial charge in [-0.2, -0.15) is 0 Å². The summed E-state index contributed by atoms with van der Waals surface area (Å²) >= 11 is 1.51. The minimum Gasteiger partial charge on any atom is -0.454 e. The maximum absolute atomic E-state index is 12.4. The van der Waals surface area contributed by atoms with Gasteiger partial charge in [-0.25, -0.2) is 4.98 Å². The highest BCUT2D eigenvalue weighted by atomic mass is 32.1. The number of pyridine rings is 1. The Hall–Kier alpha value is -2.93. The Balaban J connectivity index is 1.47. The second kappa shape index (κ2) is 6.52. The molecule has 1 aliphatic heterocycles. The molecule has 0 saturated heterocycles. The molecule has 0 spiro atoms. The molecule has 3 heterocycles. The minimum absolute atomic E-state index is 0.0941. The Morgan fingerprint density at radius 2 is 2.16 bits per heavy atom. The summed E-state index contributed by atoms with van der Waals surface area (Å²) in [4.78, 5) is 22.0. The van der Waals surface area contributed by atoms with Gasteiger partial charge in [-0.15, -0.1) is 11.3 Å². The van der Waals surface area contributed by atoms with Crippen LogP contribution in [0.5, 0.6) is 11.5 Å². The van der Waals surface area contributed by atoms with E-state index in [0.717, 1.165) is 21.1 Å². The van der Waals surface area contributed by atoms with E-state index in [2.05, 4.69) is 15.3 Å². The van der Waals surface area contributed by atoms with Crippen molar-refractivity contribution < 1.29 is 14.3 Å². The molecule has 4 rings (SSSR count). The van der Waals surface area contributed by atoms with Gasteiger partial charge in [0, 0.05) is 34.6 Å². The van der Waals surface area contributed by atoms with E-state index in [1.807, 2.05) is 19.1 Å². The predicted octanol–water partition coefficient (Wildman–Crippen LogP) is 3.42. The standard InChI is InChI=1S/C18H15N3O3S/c1-11-16(25-18(20-11)12-3-2-6-19-9-12)8-17(22)21-13-4-5-14-15(7-13)24-10-23-14/h2-7,9H,8,10H2,1H3,(H,21,22). The first kappa shape index (κ1) is 15.6. The Labute approximate surface area is 148 Å². The molecular weight excluding hydrogens is 338 g/mol. The monoisotopic (exact) mass is 353 g/mol. The van der Waals surface area contributed by atoms with E-state index >= 15 is 0 Å². The highest BCUT2D eigenvalue weighted by Crippen LogP contribution is 2.34. The topological polar surface area (TPSA) is 73.3 Å². The summed E-state index contributed by atoms with van der Waals surface area (Å²) < 4.78 is 10.6. The van der Waals surface area contributed by atoms with Crippen LogP contribution in [-0.4, -0.2) is 22.7 Å². The maximum atomic E-state index is 12.4. The number of amides is 1. The van der Waals surface area contributed by atoms with Crippen LogP contribution in [0, 0.1) is 6.92 Å². The van der Waals surface area contributed by atoms with Gasteiger partial charge in [0.2, 0.25) is 12.7 Å². The van der Waals surface area contributed by atoms with Gasteiger partial charge in [0.25, 0.3) is 0 Å². The number of carbonyl (C=O) groups excluding carboxylic acids is 1. The van der Waals surface area contributed by atoms with E-state index in [1.54, 1.807) is 30.6 Å². The van der Waals surface area contributed by atoms with Gasteiger partial charge in [-0.05, 0) is 31.2 Å². The Kier molecular flexibility index (Phi) is 4.07. The molecule has 6 nitrogen and oxygen atoms in total. The van der Waals surface area contributed by atoms with Crippen molar-refractivity contribution in [3.05, 3.63) is 53.3 Å². The van der Waals surface area contributed by atoms with Crippen LogP contribution < -0.4 is 14.8 Å². The molecule has 0 fully saturated rings. The lowest BCUT2D eigenvalue weighted by atomic mass is 10.2. The summed E-state index contributed by atoms with van der Waals surface area (Å²) in [7, 11) is 0. The largest absolute Gasteiger partial charge is 0.454 e. The quantitative estimate of drug-likeness (QED) is 0.778. The molecule has 0 unspecified atom stereocenters. The molecule has 0 atom stereocenters. The third kappa shape index (κ3) is 3.32. The van der Waals surface area contributed by atoms with Crippen molar-refractivity contribution in [2.75, 3.05) is 12.1 Å². The van der Waals surface area contributed by atoms with Gasteiger partial charge in [0.1, 0.15) is 5.01 Å². The van der Waals surface area contributed by atoms with E-state index in [0.29, 0.717) is 17.2 Å². The molecule has 3 aromatic rings. The second-order valence-corrected chi connectivity index (χ2v) is 6.65. The van der Waals surface area contributed by atoms with E-state index in [-0.39, 0.29) is 19.1 Å². The minimum atomic E-state index is -0.0941. The zero-order valence-electron chi connectivity index (χ0n) is 13.5. The number of nitrogens with zero attached hydrogens (tertiary/aromatic N) is 2. The third-order valence-corrected chi connectivity index (χ3v) is 4.99. The number of benzene rings is 1. The third-order valence-electron chi connectivity index (χ3n) is 3.78. The lowest BCUT2D eigenvalue weighted by Crippen LogP contribution is -2.14. The van der Waals surface area contributed by atoms with Crippen LogP contribution in [0.3, 0.4) is 0 Å².